The molecule has 1 aromatic heterocycles. The standard InChI is InChI=1S/C6H6N4O4/c11-9(12)5-3-8(4-1-2-4)7-6(5)10(13)14/h3-4H,1-2H2. The van der Waals surface area contributed by atoms with Gasteiger partial charge in [-0.15, -0.1) is 0 Å². The van der Waals surface area contributed by atoms with Crippen LogP contribution >= 0.6 is 0 Å². The van der Waals surface area contributed by atoms with Crippen LogP contribution in [0.25, 0.3) is 0 Å². The molecule has 0 atom stereocenters. The molecule has 0 bridgehead atoms. The number of hydrogen-bond donors (Lipinski definition) is 0. The Morgan fingerprint density at radius 3 is 2.36 bits per heavy atom. The van der Waals surface area contributed by atoms with Crippen LogP contribution in [0.3, 0.4) is 0 Å². The SMILES string of the molecule is O=[N+]([O-])c1cn(C2CC2)nc1[N+](=O)[O-]. The molecule has 0 unspecified atom stereocenters. The lowest BCUT2D eigenvalue weighted by Crippen LogP contribution is -1.96. The molecule has 1 saturated carbocycles. The van der Waals surface area contributed by atoms with E-state index in [2.05, 4.69) is 5.10 Å². The topological polar surface area (TPSA) is 104 Å². The number of nitro groups is 2. The summed E-state index contributed by atoms with van der Waals surface area (Å²) in [7, 11) is 0. The molecule has 1 heterocycles. The van der Waals surface area contributed by atoms with E-state index in [1.165, 1.54) is 4.68 Å². The van der Waals surface area contributed by atoms with E-state index in [1.54, 1.807) is 0 Å². The number of aromatic nitrogens is 2. The fourth-order valence-electron chi connectivity index (χ4n) is 1.16. The summed E-state index contributed by atoms with van der Waals surface area (Å²) in [6.07, 6.45) is 2.86. The average molecular weight is 198 g/mol. The van der Waals surface area contributed by atoms with Crippen LogP contribution in [0.4, 0.5) is 11.5 Å². The molecule has 74 valence electrons. The highest BCUT2D eigenvalue weighted by molar-refractivity contribution is 5.44. The van der Waals surface area contributed by atoms with Crippen LogP contribution < -0.4 is 0 Å². The Morgan fingerprint density at radius 2 is 2.00 bits per heavy atom. The Labute approximate surface area is 77.4 Å². The first kappa shape index (κ1) is 8.60. The van der Waals surface area contributed by atoms with Crippen LogP contribution in [0.15, 0.2) is 6.20 Å². The second-order valence-corrected chi connectivity index (χ2v) is 3.06. The van der Waals surface area contributed by atoms with Crippen LogP contribution in [0.5, 0.6) is 0 Å². The van der Waals surface area contributed by atoms with E-state index in [4.69, 9.17) is 0 Å². The molecule has 1 fully saturated rings. The number of nitrogens with zero attached hydrogens (tertiary/aromatic N) is 4. The van der Waals surface area contributed by atoms with Crippen LogP contribution in [-0.2, 0) is 0 Å². The van der Waals surface area contributed by atoms with Crippen LogP contribution in [0, 0.1) is 20.2 Å². The van der Waals surface area contributed by atoms with Gasteiger partial charge in [-0.05, 0) is 17.8 Å². The summed E-state index contributed by atoms with van der Waals surface area (Å²) in [5.41, 5.74) is -0.540. The Balaban J connectivity index is 2.44. The van der Waals surface area contributed by atoms with E-state index in [0.717, 1.165) is 19.0 Å². The van der Waals surface area contributed by atoms with Gasteiger partial charge in [0.25, 0.3) is 0 Å². The van der Waals surface area contributed by atoms with E-state index in [9.17, 15) is 20.2 Å². The van der Waals surface area contributed by atoms with Gasteiger partial charge in [0, 0.05) is 0 Å². The van der Waals surface area contributed by atoms with Gasteiger partial charge in [0.1, 0.15) is 6.20 Å². The maximum Gasteiger partial charge on any atom is 0.467 e. The van der Waals surface area contributed by atoms with Crippen molar-refractivity contribution in [2.24, 2.45) is 0 Å². The van der Waals surface area contributed by atoms with Crippen LogP contribution in [0.2, 0.25) is 0 Å². The lowest BCUT2D eigenvalue weighted by molar-refractivity contribution is -0.424. The van der Waals surface area contributed by atoms with Crippen molar-refractivity contribution in [3.05, 3.63) is 26.4 Å². The van der Waals surface area contributed by atoms with Crippen molar-refractivity contribution in [3.8, 4) is 0 Å². The zero-order chi connectivity index (χ0) is 10.3. The first-order chi connectivity index (χ1) is 6.59. The molecular weight excluding hydrogens is 192 g/mol. The second-order valence-electron chi connectivity index (χ2n) is 3.06. The van der Waals surface area contributed by atoms with E-state index < -0.39 is 21.4 Å². The minimum atomic E-state index is -0.836. The Kier molecular flexibility index (Phi) is 1.69. The van der Waals surface area contributed by atoms with Crippen LogP contribution in [0.1, 0.15) is 18.9 Å². The Bertz CT molecular complexity index is 376. The van der Waals surface area contributed by atoms with E-state index in [0.29, 0.717) is 0 Å². The van der Waals surface area contributed by atoms with Crippen LogP contribution in [-0.4, -0.2) is 19.6 Å². The highest BCUT2D eigenvalue weighted by atomic mass is 16.6. The van der Waals surface area contributed by atoms with E-state index in [1.807, 2.05) is 0 Å². The number of hydrogen-bond acceptors (Lipinski definition) is 5. The molecule has 0 N–H and O–H groups in total. The molecular formula is C6H6N4O4. The smallest absolute Gasteiger partial charge is 0.358 e. The predicted octanol–water partition coefficient (Wildman–Crippen LogP) is 1.03. The maximum atomic E-state index is 10.4. The quantitative estimate of drug-likeness (QED) is 0.532. The molecule has 1 aromatic rings. The zero-order valence-corrected chi connectivity index (χ0v) is 6.99. The summed E-state index contributed by atoms with van der Waals surface area (Å²) in [6, 6.07) is 0.0994. The minimum absolute atomic E-state index is 0.0994. The molecule has 0 aromatic carbocycles. The minimum Gasteiger partial charge on any atom is -0.358 e. The van der Waals surface area contributed by atoms with Gasteiger partial charge < -0.3 is 10.1 Å². The van der Waals surface area contributed by atoms with Crippen molar-refractivity contribution in [2.45, 2.75) is 18.9 Å². The maximum absolute atomic E-state index is 10.4. The third kappa shape index (κ3) is 1.30. The van der Waals surface area contributed by atoms with Gasteiger partial charge in [0.15, 0.2) is 0 Å². The van der Waals surface area contributed by atoms with Gasteiger partial charge in [-0.25, -0.2) is 0 Å². The van der Waals surface area contributed by atoms with Gasteiger partial charge in [-0.2, -0.15) is 4.68 Å². The van der Waals surface area contributed by atoms with Crippen molar-refractivity contribution in [1.29, 1.82) is 0 Å². The lowest BCUT2D eigenvalue weighted by atomic mass is 10.5. The zero-order valence-electron chi connectivity index (χ0n) is 6.99. The molecule has 0 saturated heterocycles. The van der Waals surface area contributed by atoms with Crippen molar-refractivity contribution in [1.82, 2.24) is 9.78 Å². The lowest BCUT2D eigenvalue weighted by Gasteiger charge is -1.85. The largest absolute Gasteiger partial charge is 0.467 e. The van der Waals surface area contributed by atoms with E-state index >= 15 is 0 Å². The molecule has 1 aliphatic rings. The highest BCUT2D eigenvalue weighted by Gasteiger charge is 2.36. The summed E-state index contributed by atoms with van der Waals surface area (Å²) in [5.74, 6) is -0.679. The van der Waals surface area contributed by atoms with E-state index in [-0.39, 0.29) is 6.04 Å². The molecule has 2 rings (SSSR count). The van der Waals surface area contributed by atoms with Crippen molar-refractivity contribution in [2.75, 3.05) is 0 Å². The summed E-state index contributed by atoms with van der Waals surface area (Å²) < 4.78 is 1.30. The number of rotatable bonds is 3. The van der Waals surface area contributed by atoms with Gasteiger partial charge in [0.05, 0.1) is 16.1 Å². The third-order valence-electron chi connectivity index (χ3n) is 1.98. The third-order valence-corrected chi connectivity index (χ3v) is 1.98. The van der Waals surface area contributed by atoms with Crippen molar-refractivity contribution < 1.29 is 9.85 Å². The van der Waals surface area contributed by atoms with Gasteiger partial charge in [-0.1, -0.05) is 0 Å². The highest BCUT2D eigenvalue weighted by Crippen LogP contribution is 2.37. The second kappa shape index (κ2) is 2.76. The molecule has 8 nitrogen and oxygen atoms in total. The molecule has 0 amide bonds. The first-order valence-electron chi connectivity index (χ1n) is 3.97. The Hall–Kier alpha value is -1.99. The molecule has 8 heteroatoms. The average Bonchev–Trinajstić information content (AvgIpc) is 2.83. The molecule has 0 radical (unpaired) electrons. The molecule has 0 aliphatic heterocycles. The van der Waals surface area contributed by atoms with Crippen molar-refractivity contribution in [3.63, 3.8) is 0 Å². The van der Waals surface area contributed by atoms with Gasteiger partial charge >= 0.3 is 11.5 Å². The Morgan fingerprint density at radius 1 is 1.36 bits per heavy atom. The van der Waals surface area contributed by atoms with Gasteiger partial charge in [-0.3, -0.25) is 10.1 Å². The first-order valence-corrected chi connectivity index (χ1v) is 3.97. The van der Waals surface area contributed by atoms with Gasteiger partial charge in [0.2, 0.25) is 0 Å². The summed E-state index contributed by atoms with van der Waals surface area (Å²) in [5, 5.41) is 24.4. The molecule has 1 aliphatic carbocycles. The fraction of sp³-hybridized carbons (Fsp3) is 0.500. The van der Waals surface area contributed by atoms with Crippen molar-refractivity contribution >= 4 is 11.5 Å². The predicted molar refractivity (Wildman–Crippen MR) is 43.8 cm³/mol. The fourth-order valence-corrected chi connectivity index (χ4v) is 1.16. The summed E-state index contributed by atoms with van der Waals surface area (Å²) in [4.78, 5) is 19.2. The summed E-state index contributed by atoms with van der Waals surface area (Å²) in [6.45, 7) is 0. The monoisotopic (exact) mass is 198 g/mol. The molecule has 14 heavy (non-hydrogen) atoms. The normalized spacial score (nSPS) is 15.4. The summed E-state index contributed by atoms with van der Waals surface area (Å²) >= 11 is 0. The molecule has 0 spiro atoms.